The van der Waals surface area contributed by atoms with E-state index in [-0.39, 0.29) is 77.8 Å². The number of hydrogen-bond acceptors (Lipinski definition) is 2. The summed E-state index contributed by atoms with van der Waals surface area (Å²) in [5, 5.41) is 3.65. The number of fused-ring (bicyclic) bond motifs is 13. The van der Waals surface area contributed by atoms with Gasteiger partial charge in [-0.2, -0.15) is 0 Å². The molecule has 16 rings (SSSR count). The Labute approximate surface area is 533 Å². The number of imidazole rings is 1. The van der Waals surface area contributed by atoms with Crippen LogP contribution in [-0.2, 0) is 10.8 Å². The standard InChI is InChI=1S/C82H65N5O/c1-51-21-19-22-52(2)78(51)55-44-70-64-28-12-10-26-62(64)61-25-9-11-27-63(61)69-43-54(53-35-37-56(38-36-53)81(3,4)5)45-75-79(69)85(80(70)76(46-55)86-71-32-16-13-29-65(71)66-30-14-17-33-72(66)86)50-84(75)58-23-20-24-59(48-58)88-60-39-40-68-67-31-15-18-34-73(67)87(74(68)49-60)77-47-57(41-42-83-77)82(6,7)8/h9-49H,1-8H3/i1D3,2D3,9D,10D,11D,12D,25D,26D,27D,28D. The minimum absolute atomic E-state index is 0.0155. The lowest BCUT2D eigenvalue weighted by Gasteiger charge is -2.23. The average molecular weight is 1150 g/mol. The van der Waals surface area contributed by atoms with E-state index in [4.69, 9.17) is 17.9 Å². The summed E-state index contributed by atoms with van der Waals surface area (Å²) < 4.78 is 148. The zero-order valence-corrected chi connectivity index (χ0v) is 49.2. The second kappa shape index (κ2) is 20.0. The van der Waals surface area contributed by atoms with Crippen LogP contribution in [0.3, 0.4) is 0 Å². The van der Waals surface area contributed by atoms with Gasteiger partial charge in [0, 0.05) is 42.0 Å². The molecule has 1 aliphatic heterocycles. The molecule has 424 valence electrons. The molecule has 0 saturated heterocycles. The summed E-state index contributed by atoms with van der Waals surface area (Å²) in [7, 11) is 0. The Morgan fingerprint density at radius 3 is 1.66 bits per heavy atom. The van der Waals surface area contributed by atoms with Gasteiger partial charge in [0.05, 0.1) is 61.1 Å². The lowest BCUT2D eigenvalue weighted by atomic mass is 9.85. The average Bonchev–Trinajstić information content (AvgIpc) is 1.49. The highest BCUT2D eigenvalue weighted by Crippen LogP contribution is 2.49. The Morgan fingerprint density at radius 2 is 1.02 bits per heavy atom. The maximum atomic E-state index is 10.3. The molecule has 15 aromatic rings. The zero-order chi connectivity index (χ0) is 71.7. The first-order valence-corrected chi connectivity index (χ1v) is 29.4. The van der Waals surface area contributed by atoms with Crippen LogP contribution in [0, 0.1) is 20.0 Å². The number of benzene rings is 11. The molecule has 0 N–H and O–H groups in total. The number of pyridine rings is 1. The Morgan fingerprint density at radius 1 is 0.455 bits per heavy atom. The predicted molar refractivity (Wildman–Crippen MR) is 364 cm³/mol. The smallest absolute Gasteiger partial charge is 0.269 e. The van der Waals surface area contributed by atoms with Gasteiger partial charge < -0.3 is 9.30 Å². The van der Waals surface area contributed by atoms with Crippen molar-refractivity contribution in [2.75, 3.05) is 0 Å². The molecule has 0 bridgehead atoms. The molecule has 1 aliphatic rings. The Balaban J connectivity index is 1.07. The normalized spacial score (nSPS) is 14.9. The van der Waals surface area contributed by atoms with Gasteiger partial charge in [-0.3, -0.25) is 13.7 Å². The first-order chi connectivity index (χ1) is 48.5. The number of ether oxygens (including phenoxy) is 1. The van der Waals surface area contributed by atoms with E-state index in [0.29, 0.717) is 44.8 Å². The molecule has 0 radical (unpaired) electrons. The van der Waals surface area contributed by atoms with Crippen molar-refractivity contribution in [3.8, 4) is 90.0 Å². The molecule has 0 spiro atoms. The number of para-hydroxylation sites is 3. The highest BCUT2D eigenvalue weighted by Gasteiger charge is 2.30. The summed E-state index contributed by atoms with van der Waals surface area (Å²) in [6.07, 6.45) is 5.62. The lowest BCUT2D eigenvalue weighted by Crippen LogP contribution is -2.33. The Bertz CT molecular complexity index is 6000. The predicted octanol–water partition coefficient (Wildman–Crippen LogP) is 20.9. The first kappa shape index (κ1) is 39.9. The molecule has 0 aliphatic carbocycles. The monoisotopic (exact) mass is 1150 g/mol. The molecule has 6 heteroatoms. The fraction of sp³-hybridized carbons (Fsp3) is 0.122. The van der Waals surface area contributed by atoms with Gasteiger partial charge >= 0.3 is 0 Å². The van der Waals surface area contributed by atoms with E-state index in [1.807, 2.05) is 149 Å². The van der Waals surface area contributed by atoms with Crippen LogP contribution in [0.15, 0.2) is 249 Å². The number of hydrogen-bond donors (Lipinski definition) is 0. The van der Waals surface area contributed by atoms with Gasteiger partial charge in [-0.1, -0.05) is 199 Å². The molecule has 88 heavy (non-hydrogen) atoms. The van der Waals surface area contributed by atoms with Gasteiger partial charge in [0.25, 0.3) is 6.33 Å². The zero-order valence-electron chi connectivity index (χ0n) is 63.2. The van der Waals surface area contributed by atoms with E-state index in [1.54, 1.807) is 16.7 Å². The van der Waals surface area contributed by atoms with Crippen LogP contribution >= 0.6 is 0 Å². The molecular formula is C82H65N5O. The molecule has 11 aromatic carbocycles. The van der Waals surface area contributed by atoms with Gasteiger partial charge in [0.15, 0.2) is 0 Å². The summed E-state index contributed by atoms with van der Waals surface area (Å²) in [6.45, 7) is 7.07. The van der Waals surface area contributed by atoms with Gasteiger partial charge in [0.2, 0.25) is 0 Å². The van der Waals surface area contributed by atoms with E-state index >= 15 is 0 Å². The topological polar surface area (TPSA) is 40.8 Å². The van der Waals surface area contributed by atoms with Crippen LogP contribution in [-0.4, -0.2) is 18.7 Å². The third kappa shape index (κ3) is 8.53. The second-order valence-electron chi connectivity index (χ2n) is 24.8. The van der Waals surface area contributed by atoms with E-state index < -0.39 is 62.0 Å². The van der Waals surface area contributed by atoms with E-state index in [9.17, 15) is 11.0 Å². The van der Waals surface area contributed by atoms with Gasteiger partial charge in [-0.25, -0.2) is 4.98 Å². The van der Waals surface area contributed by atoms with Crippen molar-refractivity contribution in [2.45, 2.75) is 66.1 Å². The molecule has 0 unspecified atom stereocenters. The number of rotatable bonds is 7. The molecular weight excluding hydrogens is 1070 g/mol. The van der Waals surface area contributed by atoms with Crippen molar-refractivity contribution in [1.29, 1.82) is 0 Å². The fourth-order valence-corrected chi connectivity index (χ4v) is 13.0. The van der Waals surface area contributed by atoms with E-state index in [1.165, 1.54) is 18.2 Å². The maximum absolute atomic E-state index is 10.3. The van der Waals surface area contributed by atoms with Crippen LogP contribution in [0.4, 0.5) is 0 Å². The van der Waals surface area contributed by atoms with E-state index in [0.717, 1.165) is 55.1 Å². The highest BCUT2D eigenvalue weighted by molar-refractivity contribution is 6.11. The Hall–Kier alpha value is -10.6. The van der Waals surface area contributed by atoms with Crippen LogP contribution < -0.4 is 9.30 Å². The second-order valence-corrected chi connectivity index (χ2v) is 24.8. The van der Waals surface area contributed by atoms with Crippen LogP contribution in [0.25, 0.3) is 133 Å². The Kier molecular flexibility index (Phi) is 9.08. The fourth-order valence-electron chi connectivity index (χ4n) is 13.0. The van der Waals surface area contributed by atoms with Gasteiger partial charge in [-0.05, 0) is 181 Å². The third-order valence-corrected chi connectivity index (χ3v) is 17.3. The largest absolute Gasteiger partial charge is 0.458 e. The van der Waals surface area contributed by atoms with Gasteiger partial charge in [-0.15, -0.1) is 0 Å². The minimum atomic E-state index is -2.91. The first-order valence-electron chi connectivity index (χ1n) is 36.4. The number of aryl methyl sites for hydroxylation is 2. The molecule has 5 heterocycles. The molecule has 4 aromatic heterocycles. The number of aromatic nitrogens is 5. The van der Waals surface area contributed by atoms with Crippen LogP contribution in [0.5, 0.6) is 11.5 Å². The number of nitrogens with zero attached hydrogens (tertiary/aromatic N) is 5. The summed E-state index contributed by atoms with van der Waals surface area (Å²) >= 11 is 0. The molecule has 0 amide bonds. The molecule has 0 atom stereocenters. The molecule has 6 nitrogen and oxygen atoms in total. The SMILES string of the molecule is [2H]c1c([2H])c([2H])c2c(c1[2H])-c1cc(-c3c(C([2H])([2H])[2H])cccc3C([2H])([2H])[2H])cc(-n3c4ccccc4c4ccccc43)c1-[n+]1[c-]n(-c3cccc(Oc4ccc5c6ccccc6n(-c6cc(C(C)(C)C)ccn6)c5c4)c3)c3cc(-c4ccc(C(C)(C)C)cc4)cc(c31)-c1c([2H])c([2H])c([2H])c([2H])c1-2. The van der Waals surface area contributed by atoms with Crippen molar-refractivity contribution in [3.63, 3.8) is 0 Å². The van der Waals surface area contributed by atoms with E-state index in [2.05, 4.69) is 82.8 Å². The van der Waals surface area contributed by atoms with Crippen LogP contribution in [0.1, 0.15) is 83.0 Å². The van der Waals surface area contributed by atoms with Crippen molar-refractivity contribution in [1.82, 2.24) is 18.7 Å². The summed E-state index contributed by atoms with van der Waals surface area (Å²) in [6, 6.07) is 55.6. The van der Waals surface area contributed by atoms with Gasteiger partial charge in [0.1, 0.15) is 17.3 Å². The lowest BCUT2D eigenvalue weighted by molar-refractivity contribution is -0.571. The molecule has 0 fully saturated rings. The summed E-state index contributed by atoms with van der Waals surface area (Å²) in [4.78, 5) is 4.91. The minimum Gasteiger partial charge on any atom is -0.458 e. The van der Waals surface area contributed by atoms with Crippen molar-refractivity contribution >= 4 is 54.6 Å². The van der Waals surface area contributed by atoms with Crippen molar-refractivity contribution in [2.24, 2.45) is 0 Å². The third-order valence-electron chi connectivity index (χ3n) is 17.3. The molecule has 0 saturated carbocycles. The van der Waals surface area contributed by atoms with Crippen molar-refractivity contribution < 1.29 is 28.5 Å². The quantitative estimate of drug-likeness (QED) is 0.118. The summed E-state index contributed by atoms with van der Waals surface area (Å²) in [5.41, 5.74) is 6.78. The summed E-state index contributed by atoms with van der Waals surface area (Å²) in [5.74, 6) is 1.70. The highest BCUT2D eigenvalue weighted by atomic mass is 16.5. The maximum Gasteiger partial charge on any atom is 0.269 e. The van der Waals surface area contributed by atoms with Crippen LogP contribution in [0.2, 0.25) is 0 Å². The van der Waals surface area contributed by atoms with Crippen molar-refractivity contribution in [3.05, 3.63) is 277 Å².